The molecule has 1 aromatic carbocycles. The highest BCUT2D eigenvalue weighted by molar-refractivity contribution is 7.12. The van der Waals surface area contributed by atoms with Crippen molar-refractivity contribution >= 4 is 17.2 Å². The highest BCUT2D eigenvalue weighted by Gasteiger charge is 2.27. The van der Waals surface area contributed by atoms with Crippen molar-refractivity contribution in [2.45, 2.75) is 26.1 Å². The Labute approximate surface area is 140 Å². The molecule has 0 saturated carbocycles. The van der Waals surface area contributed by atoms with Crippen molar-refractivity contribution in [3.05, 3.63) is 40.6 Å². The Balaban J connectivity index is 1.76. The summed E-state index contributed by atoms with van der Waals surface area (Å²) in [6.45, 7) is 5.32. The Kier molecular flexibility index (Phi) is 4.68. The van der Waals surface area contributed by atoms with E-state index in [4.69, 9.17) is 9.47 Å². The number of methoxy groups -OCH3 is 1. The van der Waals surface area contributed by atoms with Gasteiger partial charge in [0.15, 0.2) is 0 Å². The third-order valence-corrected chi connectivity index (χ3v) is 4.86. The van der Waals surface area contributed by atoms with E-state index in [1.165, 1.54) is 11.3 Å². The molecule has 2 atom stereocenters. The summed E-state index contributed by atoms with van der Waals surface area (Å²) in [5.74, 6) is 0.924. The summed E-state index contributed by atoms with van der Waals surface area (Å²) in [5.41, 5.74) is 2.15. The van der Waals surface area contributed by atoms with Crippen LogP contribution in [0.1, 0.15) is 23.5 Å². The zero-order valence-corrected chi connectivity index (χ0v) is 14.4. The van der Waals surface area contributed by atoms with Gasteiger partial charge >= 0.3 is 0 Å². The van der Waals surface area contributed by atoms with E-state index in [2.05, 4.69) is 0 Å². The van der Waals surface area contributed by atoms with Gasteiger partial charge in [0.2, 0.25) is 0 Å². The largest absolute Gasteiger partial charge is 0.497 e. The first-order valence-electron chi connectivity index (χ1n) is 7.74. The standard InChI is InChI=1S/C18H21NO3S/c1-12-9-19(10-13(2)22-12)18(20)17-8-15(11-23-17)14-4-6-16(21-3)7-5-14/h4-8,11-13H,9-10H2,1-3H3/t12-,13-/m0/s1. The molecule has 23 heavy (non-hydrogen) atoms. The lowest BCUT2D eigenvalue weighted by molar-refractivity contribution is -0.0585. The van der Waals surface area contributed by atoms with Crippen LogP contribution in [0.25, 0.3) is 11.1 Å². The molecule has 2 heterocycles. The molecule has 2 aromatic rings. The van der Waals surface area contributed by atoms with E-state index in [-0.39, 0.29) is 18.1 Å². The first-order chi connectivity index (χ1) is 11.1. The predicted octanol–water partition coefficient (Wildman–Crippen LogP) is 3.67. The van der Waals surface area contributed by atoms with E-state index in [1.807, 2.05) is 54.5 Å². The van der Waals surface area contributed by atoms with E-state index in [0.29, 0.717) is 13.1 Å². The number of hydrogen-bond acceptors (Lipinski definition) is 4. The van der Waals surface area contributed by atoms with Crippen molar-refractivity contribution in [1.82, 2.24) is 4.90 Å². The van der Waals surface area contributed by atoms with Gasteiger partial charge in [-0.1, -0.05) is 12.1 Å². The first-order valence-corrected chi connectivity index (χ1v) is 8.62. The summed E-state index contributed by atoms with van der Waals surface area (Å²) < 4.78 is 10.9. The molecule has 0 radical (unpaired) electrons. The van der Waals surface area contributed by atoms with Crippen molar-refractivity contribution in [3.63, 3.8) is 0 Å². The molecule has 1 fully saturated rings. The maximum Gasteiger partial charge on any atom is 0.264 e. The van der Waals surface area contributed by atoms with Crippen LogP contribution in [0.3, 0.4) is 0 Å². The van der Waals surface area contributed by atoms with E-state index >= 15 is 0 Å². The highest BCUT2D eigenvalue weighted by Crippen LogP contribution is 2.28. The van der Waals surface area contributed by atoms with Gasteiger partial charge in [0, 0.05) is 13.1 Å². The van der Waals surface area contributed by atoms with Crippen LogP contribution in [-0.2, 0) is 4.74 Å². The van der Waals surface area contributed by atoms with Crippen molar-refractivity contribution in [2.75, 3.05) is 20.2 Å². The number of carbonyl (C=O) groups is 1. The number of nitrogens with zero attached hydrogens (tertiary/aromatic N) is 1. The maximum atomic E-state index is 12.7. The molecule has 0 bridgehead atoms. The van der Waals surface area contributed by atoms with Gasteiger partial charge in [0.1, 0.15) is 5.75 Å². The monoisotopic (exact) mass is 331 g/mol. The molecule has 1 saturated heterocycles. The molecule has 1 aliphatic heterocycles. The number of rotatable bonds is 3. The smallest absolute Gasteiger partial charge is 0.264 e. The van der Waals surface area contributed by atoms with Gasteiger partial charge in [-0.25, -0.2) is 0 Å². The Morgan fingerprint density at radius 1 is 1.17 bits per heavy atom. The number of morpholine rings is 1. The van der Waals surface area contributed by atoms with Crippen LogP contribution in [0.4, 0.5) is 0 Å². The van der Waals surface area contributed by atoms with Crippen LogP contribution in [0.2, 0.25) is 0 Å². The van der Waals surface area contributed by atoms with Gasteiger partial charge in [-0.2, -0.15) is 0 Å². The average molecular weight is 331 g/mol. The average Bonchev–Trinajstić information content (AvgIpc) is 3.03. The minimum atomic E-state index is 0.0868. The molecule has 122 valence electrons. The Bertz CT molecular complexity index is 670. The van der Waals surface area contributed by atoms with Gasteiger partial charge in [-0.15, -0.1) is 11.3 Å². The van der Waals surface area contributed by atoms with Crippen LogP contribution >= 0.6 is 11.3 Å². The van der Waals surface area contributed by atoms with Crippen LogP contribution < -0.4 is 4.74 Å². The number of hydrogen-bond donors (Lipinski definition) is 0. The number of ether oxygens (including phenoxy) is 2. The Morgan fingerprint density at radius 3 is 2.43 bits per heavy atom. The minimum Gasteiger partial charge on any atom is -0.497 e. The second kappa shape index (κ2) is 6.72. The zero-order chi connectivity index (χ0) is 16.4. The van der Waals surface area contributed by atoms with Crippen molar-refractivity contribution in [1.29, 1.82) is 0 Å². The molecule has 4 nitrogen and oxygen atoms in total. The van der Waals surface area contributed by atoms with Crippen LogP contribution in [-0.4, -0.2) is 43.2 Å². The summed E-state index contributed by atoms with van der Waals surface area (Å²) in [6, 6.07) is 9.85. The summed E-state index contributed by atoms with van der Waals surface area (Å²) in [5, 5.41) is 2.03. The van der Waals surface area contributed by atoms with Gasteiger partial charge in [0.05, 0.1) is 24.2 Å². The molecule has 1 aromatic heterocycles. The summed E-state index contributed by atoms with van der Waals surface area (Å²) in [4.78, 5) is 15.4. The fourth-order valence-corrected chi connectivity index (χ4v) is 3.77. The van der Waals surface area contributed by atoms with Crippen molar-refractivity contribution in [3.8, 4) is 16.9 Å². The molecular weight excluding hydrogens is 310 g/mol. The van der Waals surface area contributed by atoms with Crippen LogP contribution in [0.15, 0.2) is 35.7 Å². The molecular formula is C18H21NO3S. The number of amides is 1. The normalized spacial score (nSPS) is 21.3. The number of benzene rings is 1. The summed E-state index contributed by atoms with van der Waals surface area (Å²) >= 11 is 1.50. The van der Waals surface area contributed by atoms with Gasteiger partial charge in [0.25, 0.3) is 5.91 Å². The van der Waals surface area contributed by atoms with Gasteiger partial charge in [-0.3, -0.25) is 4.79 Å². The molecule has 0 aliphatic carbocycles. The molecule has 0 unspecified atom stereocenters. The lowest BCUT2D eigenvalue weighted by atomic mass is 10.1. The lowest BCUT2D eigenvalue weighted by Crippen LogP contribution is -2.48. The highest BCUT2D eigenvalue weighted by atomic mass is 32.1. The van der Waals surface area contributed by atoms with Crippen molar-refractivity contribution < 1.29 is 14.3 Å². The minimum absolute atomic E-state index is 0.0868. The summed E-state index contributed by atoms with van der Waals surface area (Å²) in [6.07, 6.45) is 0.174. The second-order valence-corrected chi connectivity index (χ2v) is 6.81. The quantitative estimate of drug-likeness (QED) is 0.861. The SMILES string of the molecule is COc1ccc(-c2csc(C(=O)N3C[C@H](C)O[C@@H](C)C3)c2)cc1. The second-order valence-electron chi connectivity index (χ2n) is 5.90. The summed E-state index contributed by atoms with van der Waals surface area (Å²) in [7, 11) is 1.65. The molecule has 0 spiro atoms. The molecule has 3 rings (SSSR count). The van der Waals surface area contributed by atoms with E-state index in [0.717, 1.165) is 21.8 Å². The molecule has 1 aliphatic rings. The van der Waals surface area contributed by atoms with E-state index in [9.17, 15) is 4.79 Å². The fraction of sp³-hybridized carbons (Fsp3) is 0.389. The maximum absolute atomic E-state index is 12.7. The van der Waals surface area contributed by atoms with Crippen LogP contribution in [0.5, 0.6) is 5.75 Å². The van der Waals surface area contributed by atoms with Crippen molar-refractivity contribution in [2.24, 2.45) is 0 Å². The predicted molar refractivity (Wildman–Crippen MR) is 92.2 cm³/mol. The van der Waals surface area contributed by atoms with Gasteiger partial charge < -0.3 is 14.4 Å². The third kappa shape index (κ3) is 3.57. The van der Waals surface area contributed by atoms with E-state index in [1.54, 1.807) is 7.11 Å². The third-order valence-electron chi connectivity index (χ3n) is 3.94. The molecule has 0 N–H and O–H groups in total. The van der Waals surface area contributed by atoms with Gasteiger partial charge in [-0.05, 0) is 48.6 Å². The Hall–Kier alpha value is -1.85. The zero-order valence-electron chi connectivity index (χ0n) is 13.6. The van der Waals surface area contributed by atoms with E-state index < -0.39 is 0 Å². The number of carbonyl (C=O) groups excluding carboxylic acids is 1. The molecule has 5 heteroatoms. The molecule has 1 amide bonds. The first kappa shape index (κ1) is 16.0. The fourth-order valence-electron chi connectivity index (χ4n) is 2.88. The Morgan fingerprint density at radius 2 is 1.83 bits per heavy atom. The topological polar surface area (TPSA) is 38.8 Å². The van der Waals surface area contributed by atoms with Crippen LogP contribution in [0, 0.1) is 0 Å². The lowest BCUT2D eigenvalue weighted by Gasteiger charge is -2.35. The number of thiophene rings is 1.